The zero-order chi connectivity index (χ0) is 16.9. The smallest absolute Gasteiger partial charge is 0.403 e. The van der Waals surface area contributed by atoms with Crippen molar-refractivity contribution in [2.24, 2.45) is 0 Å². The standard InChI is InChI=1S/C16H25BN2O2S2/c1-15(2)16(3,4)21-17(20-15)8-6-10-23-14(22)19-12-13-7-5-9-18-11-13/h5,7,9,11H,6,8,10,12H2,1-4H3,(H,19,22). The summed E-state index contributed by atoms with van der Waals surface area (Å²) in [7, 11) is -0.113. The molecule has 0 unspecified atom stereocenters. The summed E-state index contributed by atoms with van der Waals surface area (Å²) in [6.07, 6.45) is 5.52. The zero-order valence-corrected chi connectivity index (χ0v) is 15.9. The second kappa shape index (κ2) is 7.97. The monoisotopic (exact) mass is 352 g/mol. The normalized spacial score (nSPS) is 18.9. The molecule has 1 aromatic rings. The molecular formula is C16H25BN2O2S2. The molecule has 1 saturated heterocycles. The third-order valence-electron chi connectivity index (χ3n) is 4.28. The Hall–Kier alpha value is -0.625. The maximum atomic E-state index is 5.99. The van der Waals surface area contributed by atoms with Crippen molar-refractivity contribution in [3.8, 4) is 0 Å². The first kappa shape index (κ1) is 18.7. The SMILES string of the molecule is CC1(C)OB(CCCSC(=S)NCc2cccnc2)OC1(C)C. The first-order valence-electron chi connectivity index (χ1n) is 7.95. The molecule has 1 N–H and O–H groups in total. The van der Waals surface area contributed by atoms with Gasteiger partial charge in [0.05, 0.1) is 11.2 Å². The fourth-order valence-electron chi connectivity index (χ4n) is 2.23. The molecule has 0 saturated carbocycles. The van der Waals surface area contributed by atoms with Crippen LogP contribution in [0.2, 0.25) is 6.32 Å². The van der Waals surface area contributed by atoms with Crippen LogP contribution < -0.4 is 5.32 Å². The van der Waals surface area contributed by atoms with Crippen LogP contribution in [0, 0.1) is 0 Å². The Morgan fingerprint density at radius 3 is 2.61 bits per heavy atom. The van der Waals surface area contributed by atoms with E-state index in [-0.39, 0.29) is 18.3 Å². The van der Waals surface area contributed by atoms with Crippen molar-refractivity contribution < 1.29 is 9.31 Å². The van der Waals surface area contributed by atoms with Crippen LogP contribution in [0.15, 0.2) is 24.5 Å². The van der Waals surface area contributed by atoms with E-state index in [2.05, 4.69) is 38.0 Å². The van der Waals surface area contributed by atoms with Gasteiger partial charge in [-0.2, -0.15) is 0 Å². The van der Waals surface area contributed by atoms with Gasteiger partial charge in [-0.05, 0) is 57.8 Å². The zero-order valence-electron chi connectivity index (χ0n) is 14.3. The quantitative estimate of drug-likeness (QED) is 0.479. The lowest BCUT2D eigenvalue weighted by molar-refractivity contribution is 0.00578. The summed E-state index contributed by atoms with van der Waals surface area (Å²) in [4.78, 5) is 4.09. The molecule has 0 aliphatic carbocycles. The molecular weight excluding hydrogens is 327 g/mol. The maximum absolute atomic E-state index is 5.99. The van der Waals surface area contributed by atoms with Crippen molar-refractivity contribution in [3.63, 3.8) is 0 Å². The Morgan fingerprint density at radius 2 is 2.00 bits per heavy atom. The summed E-state index contributed by atoms with van der Waals surface area (Å²) in [6.45, 7) is 9.05. The van der Waals surface area contributed by atoms with Crippen LogP contribution in [0.1, 0.15) is 39.7 Å². The Balaban J connectivity index is 1.60. The first-order chi connectivity index (χ1) is 10.8. The molecule has 1 aliphatic rings. The van der Waals surface area contributed by atoms with Crippen LogP contribution in [-0.4, -0.2) is 33.4 Å². The molecule has 0 bridgehead atoms. The molecule has 1 aliphatic heterocycles. The van der Waals surface area contributed by atoms with Crippen LogP contribution in [0.5, 0.6) is 0 Å². The lowest BCUT2D eigenvalue weighted by Gasteiger charge is -2.32. The average molecular weight is 352 g/mol. The van der Waals surface area contributed by atoms with Crippen LogP contribution in [0.25, 0.3) is 0 Å². The van der Waals surface area contributed by atoms with Crippen molar-refractivity contribution in [1.29, 1.82) is 0 Å². The number of thioether (sulfide) groups is 1. The summed E-state index contributed by atoms with van der Waals surface area (Å²) in [5, 5.41) is 3.25. The molecule has 0 atom stereocenters. The Bertz CT molecular complexity index is 510. The third-order valence-corrected chi connectivity index (χ3v) is 5.68. The van der Waals surface area contributed by atoms with E-state index in [4.69, 9.17) is 21.5 Å². The molecule has 7 heteroatoms. The molecule has 1 aromatic heterocycles. The number of nitrogens with one attached hydrogen (secondary N) is 1. The fourth-order valence-corrected chi connectivity index (χ4v) is 3.22. The van der Waals surface area contributed by atoms with Gasteiger partial charge < -0.3 is 14.6 Å². The molecule has 0 spiro atoms. The number of pyridine rings is 1. The van der Waals surface area contributed by atoms with Crippen molar-refractivity contribution in [2.45, 2.75) is 58.2 Å². The van der Waals surface area contributed by atoms with Gasteiger partial charge >= 0.3 is 7.12 Å². The minimum Gasteiger partial charge on any atom is -0.403 e. The van der Waals surface area contributed by atoms with E-state index in [0.29, 0.717) is 0 Å². The summed E-state index contributed by atoms with van der Waals surface area (Å²) >= 11 is 7.01. The van der Waals surface area contributed by atoms with E-state index in [1.54, 1.807) is 18.0 Å². The Kier molecular flexibility index (Phi) is 6.48. The van der Waals surface area contributed by atoms with Gasteiger partial charge in [0.2, 0.25) is 0 Å². The minimum absolute atomic E-state index is 0.113. The molecule has 2 rings (SSSR count). The predicted octanol–water partition coefficient (Wildman–Crippen LogP) is 3.67. The van der Waals surface area contributed by atoms with Gasteiger partial charge in [0.1, 0.15) is 4.32 Å². The molecule has 1 fully saturated rings. The van der Waals surface area contributed by atoms with Crippen LogP contribution >= 0.6 is 24.0 Å². The largest absolute Gasteiger partial charge is 0.457 e. The molecule has 0 aromatic carbocycles. The second-order valence-corrected chi connectivity index (χ2v) is 8.45. The maximum Gasteiger partial charge on any atom is 0.457 e. The number of hydrogen-bond donors (Lipinski definition) is 1. The highest BCUT2D eigenvalue weighted by atomic mass is 32.2. The van der Waals surface area contributed by atoms with Gasteiger partial charge in [0.15, 0.2) is 0 Å². The Morgan fingerprint density at radius 1 is 1.30 bits per heavy atom. The fraction of sp³-hybridized carbons (Fsp3) is 0.625. The van der Waals surface area contributed by atoms with Crippen LogP contribution in [-0.2, 0) is 15.9 Å². The topological polar surface area (TPSA) is 43.4 Å². The predicted molar refractivity (Wildman–Crippen MR) is 102 cm³/mol. The molecule has 126 valence electrons. The van der Waals surface area contributed by atoms with Gasteiger partial charge in [-0.3, -0.25) is 4.98 Å². The molecule has 4 nitrogen and oxygen atoms in total. The summed E-state index contributed by atoms with van der Waals surface area (Å²) in [6, 6.07) is 3.96. The van der Waals surface area contributed by atoms with E-state index in [1.165, 1.54) is 0 Å². The lowest BCUT2D eigenvalue weighted by atomic mass is 9.83. The van der Waals surface area contributed by atoms with Crippen molar-refractivity contribution in [3.05, 3.63) is 30.1 Å². The minimum atomic E-state index is -0.245. The van der Waals surface area contributed by atoms with E-state index in [0.717, 1.165) is 34.9 Å². The summed E-state index contributed by atoms with van der Waals surface area (Å²) < 4.78 is 12.8. The number of rotatable bonds is 6. The summed E-state index contributed by atoms with van der Waals surface area (Å²) in [5.41, 5.74) is 0.643. The molecule has 0 radical (unpaired) electrons. The van der Waals surface area contributed by atoms with Crippen LogP contribution in [0.4, 0.5) is 0 Å². The first-order valence-corrected chi connectivity index (χ1v) is 9.35. The van der Waals surface area contributed by atoms with Gasteiger partial charge in [0.25, 0.3) is 0 Å². The van der Waals surface area contributed by atoms with Gasteiger partial charge in [-0.25, -0.2) is 0 Å². The van der Waals surface area contributed by atoms with E-state index in [1.807, 2.05) is 18.3 Å². The second-order valence-electron chi connectivity index (χ2n) is 6.68. The lowest BCUT2D eigenvalue weighted by Crippen LogP contribution is -2.41. The summed E-state index contributed by atoms with van der Waals surface area (Å²) in [5.74, 6) is 0.961. The average Bonchev–Trinajstić information content (AvgIpc) is 2.70. The highest BCUT2D eigenvalue weighted by molar-refractivity contribution is 8.22. The molecule has 0 amide bonds. The highest BCUT2D eigenvalue weighted by Crippen LogP contribution is 2.38. The van der Waals surface area contributed by atoms with Gasteiger partial charge in [-0.15, -0.1) is 0 Å². The molecule has 23 heavy (non-hydrogen) atoms. The van der Waals surface area contributed by atoms with Crippen molar-refractivity contribution in [2.75, 3.05) is 5.75 Å². The Labute approximate surface area is 149 Å². The van der Waals surface area contributed by atoms with E-state index >= 15 is 0 Å². The number of aromatic nitrogens is 1. The van der Waals surface area contributed by atoms with E-state index < -0.39 is 0 Å². The molecule has 2 heterocycles. The van der Waals surface area contributed by atoms with Crippen molar-refractivity contribution >= 4 is 35.4 Å². The van der Waals surface area contributed by atoms with Crippen molar-refractivity contribution in [1.82, 2.24) is 10.3 Å². The third kappa shape index (κ3) is 5.45. The van der Waals surface area contributed by atoms with Gasteiger partial charge in [-0.1, -0.05) is 30.0 Å². The number of thiocarbonyl (C=S) groups is 1. The van der Waals surface area contributed by atoms with Gasteiger partial charge in [0, 0.05) is 18.9 Å². The number of hydrogen-bond acceptors (Lipinski definition) is 5. The van der Waals surface area contributed by atoms with Crippen LogP contribution in [0.3, 0.4) is 0 Å². The highest BCUT2D eigenvalue weighted by Gasteiger charge is 2.50. The number of nitrogens with zero attached hydrogens (tertiary/aromatic N) is 1. The van der Waals surface area contributed by atoms with E-state index in [9.17, 15) is 0 Å².